The van der Waals surface area contributed by atoms with Gasteiger partial charge in [0, 0.05) is 10.1 Å². The van der Waals surface area contributed by atoms with Gasteiger partial charge in [-0.1, -0.05) is 52.3 Å². The van der Waals surface area contributed by atoms with Gasteiger partial charge in [0.2, 0.25) is 0 Å². The van der Waals surface area contributed by atoms with E-state index in [0.29, 0.717) is 0 Å². The van der Waals surface area contributed by atoms with Crippen LogP contribution in [0, 0.1) is 6.92 Å². The summed E-state index contributed by atoms with van der Waals surface area (Å²) in [5, 5.41) is 0.835. The molecule has 0 nitrogen and oxygen atoms in total. The van der Waals surface area contributed by atoms with Gasteiger partial charge < -0.3 is 0 Å². The lowest BCUT2D eigenvalue weighted by Crippen LogP contribution is -1.96. The summed E-state index contributed by atoms with van der Waals surface area (Å²) in [6.45, 7) is 12.4. The van der Waals surface area contributed by atoms with Gasteiger partial charge in [-0.3, -0.25) is 0 Å². The van der Waals surface area contributed by atoms with E-state index < -0.39 is 0 Å². The van der Waals surface area contributed by atoms with Crippen molar-refractivity contribution in [1.82, 2.24) is 0 Å². The quantitative estimate of drug-likeness (QED) is 0.625. The first kappa shape index (κ1) is 15.6. The van der Waals surface area contributed by atoms with E-state index in [1.165, 1.54) is 23.3 Å². The summed E-state index contributed by atoms with van der Waals surface area (Å²) in [6.07, 6.45) is 2.57. The molecule has 0 N–H and O–H groups in total. The lowest BCUT2D eigenvalue weighted by Gasteiger charge is -2.00. The number of thioether (sulfide) groups is 1. The highest BCUT2D eigenvalue weighted by Crippen LogP contribution is 2.38. The molecule has 2 rings (SSSR count). The van der Waals surface area contributed by atoms with Gasteiger partial charge in [0.15, 0.2) is 0 Å². The molecule has 0 bridgehead atoms. The van der Waals surface area contributed by atoms with Crippen LogP contribution in [-0.4, -0.2) is 5.25 Å². The molecule has 0 amide bonds. The third-order valence-corrected chi connectivity index (χ3v) is 3.90. The maximum Gasteiger partial charge on any atom is 0.0133 e. The normalized spacial score (nSPS) is 16.5. The van der Waals surface area contributed by atoms with Crippen molar-refractivity contribution in [2.75, 3.05) is 0 Å². The molecule has 1 aromatic carbocycles. The van der Waals surface area contributed by atoms with Gasteiger partial charge in [-0.25, -0.2) is 0 Å². The molecule has 0 fully saturated rings. The van der Waals surface area contributed by atoms with E-state index in [0.717, 1.165) is 5.25 Å². The maximum atomic E-state index is 2.33. The second kappa shape index (κ2) is 8.69. The first-order chi connectivity index (χ1) is 7.79. The van der Waals surface area contributed by atoms with Crippen molar-refractivity contribution < 1.29 is 0 Å². The molecule has 0 saturated carbocycles. The molecule has 0 radical (unpaired) electrons. The molecule has 1 heteroatoms. The predicted molar refractivity (Wildman–Crippen MR) is 77.5 cm³/mol. The minimum absolute atomic E-state index is 0.835. The third kappa shape index (κ3) is 4.21. The lowest BCUT2D eigenvalue weighted by atomic mass is 10.1. The Morgan fingerprint density at radius 1 is 1.19 bits per heavy atom. The van der Waals surface area contributed by atoms with Crippen molar-refractivity contribution in [3.63, 3.8) is 0 Å². The molecule has 1 aliphatic rings. The van der Waals surface area contributed by atoms with Gasteiger partial charge >= 0.3 is 0 Å². The third-order valence-electron chi connectivity index (χ3n) is 2.41. The van der Waals surface area contributed by atoms with E-state index in [9.17, 15) is 0 Å². The minimum atomic E-state index is 0.835. The molecule has 0 spiro atoms. The first-order valence-electron chi connectivity index (χ1n) is 6.56. The number of benzene rings is 1. The smallest absolute Gasteiger partial charge is 0.0133 e. The molecule has 1 unspecified atom stereocenters. The summed E-state index contributed by atoms with van der Waals surface area (Å²) in [4.78, 5) is 1.51. The van der Waals surface area contributed by atoms with Crippen LogP contribution in [0.1, 0.15) is 52.2 Å². The van der Waals surface area contributed by atoms with Crippen molar-refractivity contribution in [2.45, 2.75) is 64.5 Å². The first-order valence-corrected chi connectivity index (χ1v) is 7.43. The fourth-order valence-electron chi connectivity index (χ4n) is 1.68. The second-order valence-corrected chi connectivity index (χ2v) is 4.81. The zero-order chi connectivity index (χ0) is 12.6. The van der Waals surface area contributed by atoms with E-state index >= 15 is 0 Å². The van der Waals surface area contributed by atoms with Gasteiger partial charge in [-0.15, -0.1) is 11.8 Å². The van der Waals surface area contributed by atoms with Gasteiger partial charge in [0.1, 0.15) is 0 Å². The van der Waals surface area contributed by atoms with Crippen LogP contribution in [0.4, 0.5) is 0 Å². The van der Waals surface area contributed by atoms with Crippen LogP contribution in [0.3, 0.4) is 0 Å². The van der Waals surface area contributed by atoms with Gasteiger partial charge in [-0.05, 0) is 31.4 Å². The zero-order valence-corrected chi connectivity index (χ0v) is 12.4. The van der Waals surface area contributed by atoms with E-state index in [2.05, 4.69) is 32.0 Å². The summed E-state index contributed by atoms with van der Waals surface area (Å²) in [5.41, 5.74) is 2.96. The fraction of sp³-hybridized carbons (Fsp3) is 0.600. The predicted octanol–water partition coefficient (Wildman–Crippen LogP) is 5.47. The molecule has 16 heavy (non-hydrogen) atoms. The lowest BCUT2D eigenvalue weighted by molar-refractivity contribution is 0.829. The van der Waals surface area contributed by atoms with Gasteiger partial charge in [-0.2, -0.15) is 0 Å². The summed E-state index contributed by atoms with van der Waals surface area (Å²) in [6, 6.07) is 6.81. The summed E-state index contributed by atoms with van der Waals surface area (Å²) in [7, 11) is 0. The van der Waals surface area contributed by atoms with Crippen molar-refractivity contribution >= 4 is 11.8 Å². The van der Waals surface area contributed by atoms with E-state index in [1.807, 2.05) is 39.5 Å². The van der Waals surface area contributed by atoms with Crippen molar-refractivity contribution in [1.29, 1.82) is 0 Å². The van der Waals surface area contributed by atoms with Crippen LogP contribution >= 0.6 is 11.8 Å². The summed E-state index contributed by atoms with van der Waals surface area (Å²) < 4.78 is 0. The van der Waals surface area contributed by atoms with E-state index in [4.69, 9.17) is 0 Å². The Bertz CT molecular complexity index is 291. The Hall–Kier alpha value is -0.430. The molecule has 0 saturated heterocycles. The van der Waals surface area contributed by atoms with Crippen LogP contribution in [0.15, 0.2) is 23.1 Å². The SMILES string of the molecule is CC.CC.CCC1Cc2cc(C)ccc2S1. The van der Waals surface area contributed by atoms with Gasteiger partial charge in [0.25, 0.3) is 0 Å². The monoisotopic (exact) mass is 238 g/mol. The highest BCUT2D eigenvalue weighted by molar-refractivity contribution is 8.00. The Balaban J connectivity index is 0.000000509. The molecular formula is C15H26S. The molecule has 0 aliphatic carbocycles. The number of rotatable bonds is 1. The molecule has 1 aromatic rings. The second-order valence-electron chi connectivity index (χ2n) is 3.46. The number of aryl methyl sites for hydroxylation is 1. The van der Waals surface area contributed by atoms with Gasteiger partial charge in [0.05, 0.1) is 0 Å². The van der Waals surface area contributed by atoms with Crippen LogP contribution < -0.4 is 0 Å². The highest BCUT2D eigenvalue weighted by atomic mass is 32.2. The zero-order valence-electron chi connectivity index (χ0n) is 11.6. The fourth-order valence-corrected chi connectivity index (χ4v) is 2.91. The van der Waals surface area contributed by atoms with Crippen LogP contribution in [0.2, 0.25) is 0 Å². The highest BCUT2D eigenvalue weighted by Gasteiger charge is 2.19. The average molecular weight is 238 g/mol. The van der Waals surface area contributed by atoms with Crippen LogP contribution in [0.25, 0.3) is 0 Å². The molecular weight excluding hydrogens is 212 g/mol. The molecule has 0 aromatic heterocycles. The van der Waals surface area contributed by atoms with E-state index in [1.54, 1.807) is 5.56 Å². The minimum Gasteiger partial charge on any atom is -0.122 e. The van der Waals surface area contributed by atoms with Crippen LogP contribution in [-0.2, 0) is 6.42 Å². The average Bonchev–Trinajstić information content (AvgIpc) is 2.76. The maximum absolute atomic E-state index is 2.33. The Morgan fingerprint density at radius 2 is 1.81 bits per heavy atom. The molecule has 1 aliphatic heterocycles. The van der Waals surface area contributed by atoms with Crippen molar-refractivity contribution in [3.8, 4) is 0 Å². The van der Waals surface area contributed by atoms with Crippen LogP contribution in [0.5, 0.6) is 0 Å². The van der Waals surface area contributed by atoms with E-state index in [-0.39, 0.29) is 0 Å². The molecule has 92 valence electrons. The topological polar surface area (TPSA) is 0 Å². The van der Waals surface area contributed by atoms with Crippen molar-refractivity contribution in [2.24, 2.45) is 0 Å². The largest absolute Gasteiger partial charge is 0.122 e. The molecule has 1 heterocycles. The number of hydrogen-bond donors (Lipinski definition) is 0. The standard InChI is InChI=1S/C11H14S.2C2H6/c1-3-10-7-9-6-8(2)4-5-11(9)12-10;2*1-2/h4-6,10H,3,7H2,1-2H3;2*1-2H3. The Labute approximate surface area is 106 Å². The Morgan fingerprint density at radius 3 is 2.38 bits per heavy atom. The number of fused-ring (bicyclic) bond motifs is 1. The summed E-state index contributed by atoms with van der Waals surface area (Å²) in [5.74, 6) is 0. The summed E-state index contributed by atoms with van der Waals surface area (Å²) >= 11 is 2.04. The van der Waals surface area contributed by atoms with Crippen molar-refractivity contribution in [3.05, 3.63) is 29.3 Å². The Kier molecular flexibility index (Phi) is 8.46. The molecule has 1 atom stereocenters. The number of hydrogen-bond acceptors (Lipinski definition) is 1.